The highest BCUT2D eigenvalue weighted by Crippen LogP contribution is 2.19. The minimum absolute atomic E-state index is 0.0764. The molecule has 3 rings (SSSR count). The van der Waals surface area contributed by atoms with Crippen LogP contribution in [-0.2, 0) is 11.3 Å². The Kier molecular flexibility index (Phi) is 5.08. The third kappa shape index (κ3) is 4.23. The number of hydrogen-bond donors (Lipinski definition) is 1. The van der Waals surface area contributed by atoms with Gasteiger partial charge in [0.25, 0.3) is 0 Å². The molecule has 0 aliphatic carbocycles. The number of anilines is 1. The number of nitriles is 1. The van der Waals surface area contributed by atoms with Crippen LogP contribution in [-0.4, -0.2) is 24.4 Å². The standard InChI is InChI=1S/C21H19N3O/c1-24(14-18-7-4-6-17-5-2-3-8-20(17)18)15-21(25)23-19-11-9-16(13-22)10-12-19/h2-12H,14-15H2,1H3,(H,23,25). The van der Waals surface area contributed by atoms with Gasteiger partial charge in [-0.1, -0.05) is 42.5 Å². The highest BCUT2D eigenvalue weighted by atomic mass is 16.2. The zero-order valence-corrected chi connectivity index (χ0v) is 14.1. The molecule has 0 heterocycles. The Balaban J connectivity index is 1.62. The van der Waals surface area contributed by atoms with E-state index in [9.17, 15) is 4.79 Å². The molecule has 0 spiro atoms. The summed E-state index contributed by atoms with van der Waals surface area (Å²) in [5, 5.41) is 14.1. The van der Waals surface area contributed by atoms with Gasteiger partial charge in [-0.05, 0) is 47.6 Å². The summed E-state index contributed by atoms with van der Waals surface area (Å²) in [6.07, 6.45) is 0. The van der Waals surface area contributed by atoms with Crippen LogP contribution in [0.15, 0.2) is 66.7 Å². The van der Waals surface area contributed by atoms with Crippen LogP contribution in [0.1, 0.15) is 11.1 Å². The van der Waals surface area contributed by atoms with Gasteiger partial charge in [0.2, 0.25) is 5.91 Å². The smallest absolute Gasteiger partial charge is 0.238 e. The molecule has 0 atom stereocenters. The quantitative estimate of drug-likeness (QED) is 0.775. The molecule has 1 N–H and O–H groups in total. The van der Waals surface area contributed by atoms with Gasteiger partial charge in [0, 0.05) is 12.2 Å². The zero-order valence-electron chi connectivity index (χ0n) is 14.1. The summed E-state index contributed by atoms with van der Waals surface area (Å²) in [6, 6.07) is 23.4. The average Bonchev–Trinajstić information content (AvgIpc) is 2.62. The zero-order chi connectivity index (χ0) is 17.6. The molecule has 0 saturated heterocycles. The van der Waals surface area contributed by atoms with E-state index in [1.54, 1.807) is 24.3 Å². The average molecular weight is 329 g/mol. The van der Waals surface area contributed by atoms with E-state index in [0.717, 1.165) is 0 Å². The van der Waals surface area contributed by atoms with Crippen LogP contribution in [0.2, 0.25) is 0 Å². The number of carbonyl (C=O) groups excluding carboxylic acids is 1. The third-order valence-electron chi connectivity index (χ3n) is 4.03. The Morgan fingerprint density at radius 3 is 2.52 bits per heavy atom. The number of benzene rings is 3. The maximum Gasteiger partial charge on any atom is 0.238 e. The van der Waals surface area contributed by atoms with Crippen molar-refractivity contribution >= 4 is 22.4 Å². The molecule has 3 aromatic carbocycles. The van der Waals surface area contributed by atoms with E-state index in [-0.39, 0.29) is 5.91 Å². The van der Waals surface area contributed by atoms with Gasteiger partial charge in [-0.15, -0.1) is 0 Å². The Hall–Kier alpha value is -3.16. The molecule has 124 valence electrons. The summed E-state index contributed by atoms with van der Waals surface area (Å²) >= 11 is 0. The topological polar surface area (TPSA) is 56.1 Å². The van der Waals surface area contributed by atoms with E-state index in [1.165, 1.54) is 16.3 Å². The molecular formula is C21H19N3O. The number of carbonyl (C=O) groups is 1. The molecule has 0 bridgehead atoms. The van der Waals surface area contributed by atoms with Gasteiger partial charge >= 0.3 is 0 Å². The summed E-state index contributed by atoms with van der Waals surface area (Å²) in [5.74, 6) is -0.0764. The SMILES string of the molecule is CN(CC(=O)Nc1ccc(C#N)cc1)Cc1cccc2ccccc12. The summed E-state index contributed by atoms with van der Waals surface area (Å²) < 4.78 is 0. The van der Waals surface area contributed by atoms with Gasteiger partial charge in [-0.3, -0.25) is 9.69 Å². The van der Waals surface area contributed by atoms with E-state index in [4.69, 9.17) is 5.26 Å². The van der Waals surface area contributed by atoms with Crippen LogP contribution in [0, 0.1) is 11.3 Å². The van der Waals surface area contributed by atoms with Crippen molar-refractivity contribution in [3.8, 4) is 6.07 Å². The number of likely N-dealkylation sites (N-methyl/N-ethyl adjacent to an activating group) is 1. The number of rotatable bonds is 5. The molecule has 0 saturated carbocycles. The van der Waals surface area contributed by atoms with E-state index in [0.29, 0.717) is 24.3 Å². The fraction of sp³-hybridized carbons (Fsp3) is 0.143. The molecule has 0 fully saturated rings. The lowest BCUT2D eigenvalue weighted by molar-refractivity contribution is -0.117. The van der Waals surface area contributed by atoms with Gasteiger partial charge in [0.05, 0.1) is 18.2 Å². The lowest BCUT2D eigenvalue weighted by Gasteiger charge is -2.17. The van der Waals surface area contributed by atoms with Crippen molar-refractivity contribution < 1.29 is 4.79 Å². The van der Waals surface area contributed by atoms with Gasteiger partial charge < -0.3 is 5.32 Å². The molecular weight excluding hydrogens is 310 g/mol. The third-order valence-corrected chi connectivity index (χ3v) is 4.03. The van der Waals surface area contributed by atoms with Crippen LogP contribution in [0.5, 0.6) is 0 Å². The minimum Gasteiger partial charge on any atom is -0.325 e. The minimum atomic E-state index is -0.0764. The number of fused-ring (bicyclic) bond motifs is 1. The maximum absolute atomic E-state index is 12.2. The lowest BCUT2D eigenvalue weighted by atomic mass is 10.0. The molecule has 0 aliphatic heterocycles. The van der Waals surface area contributed by atoms with Crippen molar-refractivity contribution in [2.75, 3.05) is 18.9 Å². The predicted octanol–water partition coefficient (Wildman–Crippen LogP) is 3.78. The van der Waals surface area contributed by atoms with Crippen molar-refractivity contribution in [1.29, 1.82) is 5.26 Å². The first-order chi connectivity index (χ1) is 12.2. The van der Waals surface area contributed by atoms with Crippen molar-refractivity contribution in [2.45, 2.75) is 6.54 Å². The van der Waals surface area contributed by atoms with Crippen LogP contribution < -0.4 is 5.32 Å². The first-order valence-corrected chi connectivity index (χ1v) is 8.11. The van der Waals surface area contributed by atoms with E-state index >= 15 is 0 Å². The number of amides is 1. The number of nitrogens with one attached hydrogen (secondary N) is 1. The molecule has 0 unspecified atom stereocenters. The normalized spacial score (nSPS) is 10.6. The second-order valence-corrected chi connectivity index (χ2v) is 6.05. The first-order valence-electron chi connectivity index (χ1n) is 8.11. The highest BCUT2D eigenvalue weighted by Gasteiger charge is 2.09. The molecule has 0 aliphatic rings. The van der Waals surface area contributed by atoms with Gasteiger partial charge in [0.1, 0.15) is 0 Å². The summed E-state index contributed by atoms with van der Waals surface area (Å²) in [7, 11) is 1.93. The van der Waals surface area contributed by atoms with Gasteiger partial charge in [-0.25, -0.2) is 0 Å². The van der Waals surface area contributed by atoms with Crippen molar-refractivity contribution in [1.82, 2.24) is 4.90 Å². The van der Waals surface area contributed by atoms with Crippen LogP contribution >= 0.6 is 0 Å². The number of hydrogen-bond acceptors (Lipinski definition) is 3. The lowest BCUT2D eigenvalue weighted by Crippen LogP contribution is -2.29. The number of nitrogens with zero attached hydrogens (tertiary/aromatic N) is 2. The fourth-order valence-corrected chi connectivity index (χ4v) is 2.85. The van der Waals surface area contributed by atoms with Gasteiger partial charge in [-0.2, -0.15) is 5.26 Å². The molecule has 1 amide bonds. The van der Waals surface area contributed by atoms with Crippen molar-refractivity contribution in [2.24, 2.45) is 0 Å². The Bertz CT molecular complexity index is 921. The second-order valence-electron chi connectivity index (χ2n) is 6.05. The van der Waals surface area contributed by atoms with Crippen LogP contribution in [0.3, 0.4) is 0 Å². The molecule has 0 radical (unpaired) electrons. The summed E-state index contributed by atoms with van der Waals surface area (Å²) in [4.78, 5) is 14.2. The van der Waals surface area contributed by atoms with Crippen LogP contribution in [0.25, 0.3) is 10.8 Å². The Labute approximate surface area is 147 Å². The molecule has 25 heavy (non-hydrogen) atoms. The van der Waals surface area contributed by atoms with Crippen molar-refractivity contribution in [3.05, 3.63) is 77.9 Å². The largest absolute Gasteiger partial charge is 0.325 e. The van der Waals surface area contributed by atoms with E-state index < -0.39 is 0 Å². The molecule has 0 aromatic heterocycles. The van der Waals surface area contributed by atoms with E-state index in [1.807, 2.05) is 30.1 Å². The molecule has 4 nitrogen and oxygen atoms in total. The summed E-state index contributed by atoms with van der Waals surface area (Å²) in [5.41, 5.74) is 2.47. The van der Waals surface area contributed by atoms with E-state index in [2.05, 4.69) is 35.7 Å². The van der Waals surface area contributed by atoms with Crippen molar-refractivity contribution in [3.63, 3.8) is 0 Å². The molecule has 4 heteroatoms. The fourth-order valence-electron chi connectivity index (χ4n) is 2.85. The molecule has 3 aromatic rings. The Morgan fingerprint density at radius 2 is 1.76 bits per heavy atom. The highest BCUT2D eigenvalue weighted by molar-refractivity contribution is 5.92. The first kappa shape index (κ1) is 16.7. The second kappa shape index (κ2) is 7.61. The van der Waals surface area contributed by atoms with Gasteiger partial charge in [0.15, 0.2) is 0 Å². The monoisotopic (exact) mass is 329 g/mol. The predicted molar refractivity (Wildman–Crippen MR) is 100 cm³/mol. The van der Waals surface area contributed by atoms with Crippen LogP contribution in [0.4, 0.5) is 5.69 Å². The summed E-state index contributed by atoms with van der Waals surface area (Å²) in [6.45, 7) is 0.991. The maximum atomic E-state index is 12.2. The Morgan fingerprint density at radius 1 is 1.04 bits per heavy atom.